The first-order valence-corrected chi connectivity index (χ1v) is 4.25. The van der Waals surface area contributed by atoms with Gasteiger partial charge in [0.25, 0.3) is 6.36 Å². The minimum atomic E-state index is -2.29. The topological polar surface area (TPSA) is 55.8 Å². The van der Waals surface area contributed by atoms with E-state index in [1.807, 2.05) is 0 Å². The largest absolute Gasteiger partial charge is 0.497 e. The maximum absolute atomic E-state index is 12.5. The fraction of sp³-hybridized carbons (Fsp3) is 0.300. The van der Waals surface area contributed by atoms with Crippen LogP contribution in [0.15, 0.2) is 24.3 Å². The Labute approximate surface area is 86.2 Å². The van der Waals surface area contributed by atoms with Gasteiger partial charge in [-0.05, 0) is 17.7 Å². The Kier molecular flexibility index (Phi) is 4.05. The summed E-state index contributed by atoms with van der Waals surface area (Å²) < 4.78 is 21.9. The summed E-state index contributed by atoms with van der Waals surface area (Å²) in [4.78, 5) is 10.1. The van der Waals surface area contributed by atoms with Crippen molar-refractivity contribution in [3.63, 3.8) is 0 Å². The van der Waals surface area contributed by atoms with Gasteiger partial charge < -0.3 is 14.6 Å². The molecule has 1 aromatic rings. The molecule has 1 atom stereocenters. The van der Waals surface area contributed by atoms with Crippen LogP contribution in [-0.4, -0.2) is 24.5 Å². The molecular weight excluding hydrogens is 203 g/mol. The Hall–Kier alpha value is -1.62. The monoisotopic (exact) mass is 214 g/mol. The lowest BCUT2D eigenvalue weighted by Crippen LogP contribution is -2.17. The van der Waals surface area contributed by atoms with Crippen molar-refractivity contribution in [2.45, 2.75) is 13.0 Å². The number of alkyl halides is 1. The number of methoxy groups -OCH3 is 1. The van der Waals surface area contributed by atoms with Crippen molar-refractivity contribution >= 4 is 5.97 Å². The molecule has 5 heteroatoms. The van der Waals surface area contributed by atoms with Crippen molar-refractivity contribution < 1.29 is 23.8 Å². The zero-order valence-corrected chi connectivity index (χ0v) is 8.14. The predicted octanol–water partition coefficient (Wildman–Crippen LogP) is 1.59. The quantitative estimate of drug-likeness (QED) is 0.808. The standard InChI is InChI=1S/C10H11FO4/c1-14-8-4-2-7(3-5-8)6-15-9(11)10(12)13/h2-5,9H,6H2,1H3,(H,12,13). The van der Waals surface area contributed by atoms with Crippen molar-refractivity contribution in [3.8, 4) is 5.75 Å². The molecule has 0 saturated heterocycles. The van der Waals surface area contributed by atoms with Crippen molar-refractivity contribution in [1.82, 2.24) is 0 Å². The molecule has 0 saturated carbocycles. The zero-order valence-electron chi connectivity index (χ0n) is 8.14. The third-order valence-corrected chi connectivity index (χ3v) is 1.75. The van der Waals surface area contributed by atoms with E-state index in [1.165, 1.54) is 7.11 Å². The highest BCUT2D eigenvalue weighted by Gasteiger charge is 2.15. The average molecular weight is 214 g/mol. The van der Waals surface area contributed by atoms with Crippen molar-refractivity contribution in [2.75, 3.05) is 7.11 Å². The summed E-state index contributed by atoms with van der Waals surface area (Å²) in [5, 5.41) is 8.22. The van der Waals surface area contributed by atoms with Crippen molar-refractivity contribution in [1.29, 1.82) is 0 Å². The fourth-order valence-corrected chi connectivity index (χ4v) is 0.962. The number of benzene rings is 1. The number of rotatable bonds is 5. The van der Waals surface area contributed by atoms with Gasteiger partial charge in [-0.15, -0.1) is 0 Å². The van der Waals surface area contributed by atoms with Gasteiger partial charge in [0.1, 0.15) is 5.75 Å². The highest BCUT2D eigenvalue weighted by Crippen LogP contribution is 2.12. The highest BCUT2D eigenvalue weighted by atomic mass is 19.1. The molecule has 0 aliphatic heterocycles. The lowest BCUT2D eigenvalue weighted by Gasteiger charge is -2.06. The molecular formula is C10H11FO4. The van der Waals surface area contributed by atoms with Gasteiger partial charge in [0, 0.05) is 0 Å². The molecule has 1 aromatic carbocycles. The van der Waals surface area contributed by atoms with Crippen molar-refractivity contribution in [3.05, 3.63) is 29.8 Å². The Bertz CT molecular complexity index is 323. The van der Waals surface area contributed by atoms with Crippen LogP contribution in [0.4, 0.5) is 4.39 Å². The maximum Gasteiger partial charge on any atom is 0.366 e. The number of hydrogen-bond donors (Lipinski definition) is 1. The molecule has 0 aromatic heterocycles. The van der Waals surface area contributed by atoms with E-state index >= 15 is 0 Å². The summed E-state index contributed by atoms with van der Waals surface area (Å²) in [6.45, 7) is -0.0859. The van der Waals surface area contributed by atoms with E-state index in [2.05, 4.69) is 4.74 Å². The van der Waals surface area contributed by atoms with Crippen LogP contribution in [0.2, 0.25) is 0 Å². The average Bonchev–Trinajstić information content (AvgIpc) is 2.26. The SMILES string of the molecule is COc1ccc(COC(F)C(=O)O)cc1. The van der Waals surface area contributed by atoms with Crippen LogP contribution >= 0.6 is 0 Å². The lowest BCUT2D eigenvalue weighted by molar-refractivity contribution is -0.164. The van der Waals surface area contributed by atoms with Gasteiger partial charge in [-0.3, -0.25) is 0 Å². The van der Waals surface area contributed by atoms with E-state index in [0.29, 0.717) is 11.3 Å². The lowest BCUT2D eigenvalue weighted by atomic mass is 10.2. The molecule has 0 spiro atoms. The van der Waals surface area contributed by atoms with E-state index in [1.54, 1.807) is 24.3 Å². The van der Waals surface area contributed by atoms with Gasteiger partial charge >= 0.3 is 5.97 Å². The fourth-order valence-electron chi connectivity index (χ4n) is 0.962. The molecule has 0 radical (unpaired) electrons. The van der Waals surface area contributed by atoms with E-state index in [9.17, 15) is 9.18 Å². The Morgan fingerprint density at radius 3 is 2.53 bits per heavy atom. The van der Waals surface area contributed by atoms with Gasteiger partial charge in [-0.2, -0.15) is 0 Å². The van der Waals surface area contributed by atoms with Gasteiger partial charge in [-0.25, -0.2) is 9.18 Å². The van der Waals surface area contributed by atoms with Crippen LogP contribution in [-0.2, 0) is 16.1 Å². The number of carboxylic acids is 1. The van der Waals surface area contributed by atoms with Crippen molar-refractivity contribution in [2.24, 2.45) is 0 Å². The second-order valence-corrected chi connectivity index (χ2v) is 2.81. The van der Waals surface area contributed by atoms with E-state index in [-0.39, 0.29) is 6.61 Å². The van der Waals surface area contributed by atoms with Crippen LogP contribution in [0.3, 0.4) is 0 Å². The van der Waals surface area contributed by atoms with E-state index in [0.717, 1.165) is 0 Å². The molecule has 4 nitrogen and oxygen atoms in total. The minimum absolute atomic E-state index is 0.0859. The summed E-state index contributed by atoms with van der Waals surface area (Å²) in [7, 11) is 1.54. The van der Waals surface area contributed by atoms with Crippen LogP contribution in [0, 0.1) is 0 Å². The minimum Gasteiger partial charge on any atom is -0.497 e. The molecule has 1 rings (SSSR count). The van der Waals surface area contributed by atoms with Gasteiger partial charge in [0.2, 0.25) is 0 Å². The Balaban J connectivity index is 2.47. The maximum atomic E-state index is 12.5. The summed E-state index contributed by atoms with van der Waals surface area (Å²) in [6, 6.07) is 6.72. The first-order chi connectivity index (χ1) is 7.13. The molecule has 15 heavy (non-hydrogen) atoms. The third kappa shape index (κ3) is 3.55. The first-order valence-electron chi connectivity index (χ1n) is 4.25. The second-order valence-electron chi connectivity index (χ2n) is 2.81. The summed E-state index contributed by atoms with van der Waals surface area (Å²) in [6.07, 6.45) is -2.29. The van der Waals surface area contributed by atoms with Gasteiger partial charge in [-0.1, -0.05) is 12.1 Å². The third-order valence-electron chi connectivity index (χ3n) is 1.75. The number of carbonyl (C=O) groups is 1. The van der Waals surface area contributed by atoms with E-state index in [4.69, 9.17) is 9.84 Å². The smallest absolute Gasteiger partial charge is 0.366 e. The Morgan fingerprint density at radius 2 is 2.07 bits per heavy atom. The summed E-state index contributed by atoms with van der Waals surface area (Å²) in [5.41, 5.74) is 0.680. The first kappa shape index (κ1) is 11.5. The van der Waals surface area contributed by atoms with Crippen LogP contribution in [0.1, 0.15) is 5.56 Å². The van der Waals surface area contributed by atoms with Crippen LogP contribution in [0.5, 0.6) is 5.75 Å². The highest BCUT2D eigenvalue weighted by molar-refractivity contribution is 5.70. The molecule has 0 aliphatic carbocycles. The molecule has 1 unspecified atom stereocenters. The molecule has 1 N–H and O–H groups in total. The van der Waals surface area contributed by atoms with E-state index < -0.39 is 12.3 Å². The van der Waals surface area contributed by atoms with Crippen LogP contribution in [0.25, 0.3) is 0 Å². The van der Waals surface area contributed by atoms with Gasteiger partial charge in [0.15, 0.2) is 0 Å². The molecule has 0 heterocycles. The number of ether oxygens (including phenoxy) is 2. The summed E-state index contributed by atoms with van der Waals surface area (Å²) >= 11 is 0. The normalized spacial score (nSPS) is 12.1. The summed E-state index contributed by atoms with van der Waals surface area (Å²) in [5.74, 6) is -0.947. The molecule has 82 valence electrons. The number of carboxylic acid groups (broad SMARTS) is 1. The number of aliphatic carboxylic acids is 1. The predicted molar refractivity (Wildman–Crippen MR) is 50.3 cm³/mol. The molecule has 0 amide bonds. The Morgan fingerprint density at radius 1 is 1.47 bits per heavy atom. The zero-order chi connectivity index (χ0) is 11.3. The second kappa shape index (κ2) is 5.31. The number of hydrogen-bond acceptors (Lipinski definition) is 3. The number of halogens is 1. The molecule has 0 bridgehead atoms. The molecule has 0 fully saturated rings. The molecule has 0 aliphatic rings. The van der Waals surface area contributed by atoms with Gasteiger partial charge in [0.05, 0.1) is 13.7 Å². The van der Waals surface area contributed by atoms with Crippen LogP contribution < -0.4 is 4.74 Å².